The van der Waals surface area contributed by atoms with E-state index in [1.807, 2.05) is 43.5 Å². The highest BCUT2D eigenvalue weighted by molar-refractivity contribution is 5.42. The van der Waals surface area contributed by atoms with Crippen LogP contribution in [0.5, 0.6) is 5.75 Å². The van der Waals surface area contributed by atoms with Crippen LogP contribution in [0.25, 0.3) is 5.69 Å². The van der Waals surface area contributed by atoms with E-state index >= 15 is 0 Å². The lowest BCUT2D eigenvalue weighted by atomic mass is 10.1. The lowest BCUT2D eigenvalue weighted by Crippen LogP contribution is -2.07. The van der Waals surface area contributed by atoms with Crippen molar-refractivity contribution in [3.05, 3.63) is 77.9 Å². The minimum absolute atomic E-state index is 0.276. The molecule has 0 saturated carbocycles. The molecule has 0 bridgehead atoms. The van der Waals surface area contributed by atoms with Gasteiger partial charge in [-0.25, -0.2) is 9.07 Å². The molecule has 0 aliphatic rings. The minimum Gasteiger partial charge on any atom is -0.497 e. The Bertz CT molecular complexity index is 786. The van der Waals surface area contributed by atoms with Crippen LogP contribution < -0.4 is 4.74 Å². The lowest BCUT2D eigenvalue weighted by molar-refractivity contribution is 0.0522. The summed E-state index contributed by atoms with van der Waals surface area (Å²) in [5.41, 5.74) is 2.59. The molecule has 3 aromatic rings. The van der Waals surface area contributed by atoms with Crippen molar-refractivity contribution in [3.63, 3.8) is 0 Å². The van der Waals surface area contributed by atoms with Gasteiger partial charge in [0.25, 0.3) is 0 Å². The van der Waals surface area contributed by atoms with Crippen LogP contribution in [0.2, 0.25) is 0 Å². The average molecular weight is 326 g/mol. The molecule has 0 N–H and O–H groups in total. The largest absolute Gasteiger partial charge is 0.497 e. The Morgan fingerprint density at radius 3 is 2.62 bits per heavy atom. The highest BCUT2D eigenvalue weighted by Gasteiger charge is 2.14. The van der Waals surface area contributed by atoms with Gasteiger partial charge in [-0.1, -0.05) is 12.1 Å². The second-order valence-corrected chi connectivity index (χ2v) is 5.46. The predicted molar refractivity (Wildman–Crippen MR) is 89.7 cm³/mol. The van der Waals surface area contributed by atoms with Crippen molar-refractivity contribution in [2.24, 2.45) is 0 Å². The zero-order chi connectivity index (χ0) is 16.9. The van der Waals surface area contributed by atoms with Gasteiger partial charge in [0.15, 0.2) is 0 Å². The molecule has 0 saturated heterocycles. The van der Waals surface area contributed by atoms with Crippen molar-refractivity contribution in [2.45, 2.75) is 19.6 Å². The van der Waals surface area contributed by atoms with Crippen LogP contribution in [0, 0.1) is 5.82 Å². The van der Waals surface area contributed by atoms with Crippen molar-refractivity contribution in [3.8, 4) is 11.4 Å². The molecule has 0 radical (unpaired) electrons. The van der Waals surface area contributed by atoms with E-state index in [1.165, 1.54) is 12.1 Å². The van der Waals surface area contributed by atoms with Gasteiger partial charge in [-0.3, -0.25) is 0 Å². The normalized spacial score (nSPS) is 12.1. The summed E-state index contributed by atoms with van der Waals surface area (Å²) < 4.78 is 26.5. The molecule has 24 heavy (non-hydrogen) atoms. The summed E-state index contributed by atoms with van der Waals surface area (Å²) in [7, 11) is 1.63. The number of hydrogen-bond donors (Lipinski definition) is 0. The van der Waals surface area contributed by atoms with Gasteiger partial charge in [0.2, 0.25) is 0 Å². The first-order chi connectivity index (χ1) is 11.7. The monoisotopic (exact) mass is 326 g/mol. The molecule has 3 rings (SSSR count). The van der Waals surface area contributed by atoms with Crippen LogP contribution in [0.15, 0.2) is 60.9 Å². The fraction of sp³-hybridized carbons (Fsp3) is 0.211. The SMILES string of the molecule is COc1ccc(CO[C@H](C)c2cc(F)ccc2-n2cccn2)cc1. The molecule has 1 aromatic heterocycles. The highest BCUT2D eigenvalue weighted by atomic mass is 19.1. The van der Waals surface area contributed by atoms with E-state index in [0.717, 1.165) is 22.6 Å². The average Bonchev–Trinajstić information content (AvgIpc) is 3.14. The summed E-state index contributed by atoms with van der Waals surface area (Å²) in [6, 6.07) is 14.1. The topological polar surface area (TPSA) is 36.3 Å². The molecule has 2 aromatic carbocycles. The number of halogens is 1. The second kappa shape index (κ2) is 7.27. The Hall–Kier alpha value is -2.66. The van der Waals surface area contributed by atoms with Crippen molar-refractivity contribution in [1.82, 2.24) is 9.78 Å². The molecule has 0 spiro atoms. The molecular weight excluding hydrogens is 307 g/mol. The number of ether oxygens (including phenoxy) is 2. The molecule has 0 aliphatic heterocycles. The maximum Gasteiger partial charge on any atom is 0.123 e. The third kappa shape index (κ3) is 3.63. The Kier molecular flexibility index (Phi) is 4.91. The summed E-state index contributed by atoms with van der Waals surface area (Å²) in [6.07, 6.45) is 3.24. The van der Waals surface area contributed by atoms with Gasteiger partial charge in [-0.15, -0.1) is 0 Å². The Morgan fingerprint density at radius 2 is 1.96 bits per heavy atom. The van der Waals surface area contributed by atoms with Crippen molar-refractivity contribution in [1.29, 1.82) is 0 Å². The summed E-state index contributed by atoms with van der Waals surface area (Å²) in [4.78, 5) is 0. The highest BCUT2D eigenvalue weighted by Crippen LogP contribution is 2.26. The third-order valence-electron chi connectivity index (χ3n) is 3.84. The smallest absolute Gasteiger partial charge is 0.123 e. The molecule has 124 valence electrons. The predicted octanol–water partition coefficient (Wildman–Crippen LogP) is 4.30. The van der Waals surface area contributed by atoms with Crippen molar-refractivity contribution in [2.75, 3.05) is 7.11 Å². The molecule has 4 nitrogen and oxygen atoms in total. The van der Waals surface area contributed by atoms with Gasteiger partial charge in [0, 0.05) is 18.0 Å². The molecule has 5 heteroatoms. The first-order valence-corrected chi connectivity index (χ1v) is 7.71. The van der Waals surface area contributed by atoms with Gasteiger partial charge in [-0.2, -0.15) is 5.10 Å². The summed E-state index contributed by atoms with van der Waals surface area (Å²) >= 11 is 0. The van der Waals surface area contributed by atoms with E-state index in [0.29, 0.717) is 6.61 Å². The molecule has 1 heterocycles. The fourth-order valence-corrected chi connectivity index (χ4v) is 2.50. The Morgan fingerprint density at radius 1 is 1.17 bits per heavy atom. The van der Waals surface area contributed by atoms with Crippen LogP contribution >= 0.6 is 0 Å². The summed E-state index contributed by atoms with van der Waals surface area (Å²) in [5, 5.41) is 4.22. The Balaban J connectivity index is 1.76. The molecule has 0 amide bonds. The number of aromatic nitrogens is 2. The molecule has 1 atom stereocenters. The maximum absolute atomic E-state index is 13.7. The molecule has 0 aliphatic carbocycles. The van der Waals surface area contributed by atoms with E-state index < -0.39 is 0 Å². The Labute approximate surface area is 140 Å². The van der Waals surface area contributed by atoms with Crippen LogP contribution in [-0.4, -0.2) is 16.9 Å². The quantitative estimate of drug-likeness (QED) is 0.678. The summed E-state index contributed by atoms with van der Waals surface area (Å²) in [5.74, 6) is 0.513. The van der Waals surface area contributed by atoms with Crippen LogP contribution in [0.3, 0.4) is 0 Å². The second-order valence-electron chi connectivity index (χ2n) is 5.46. The first-order valence-electron chi connectivity index (χ1n) is 7.71. The number of methoxy groups -OCH3 is 1. The van der Waals surface area contributed by atoms with Gasteiger partial charge >= 0.3 is 0 Å². The number of nitrogens with zero attached hydrogens (tertiary/aromatic N) is 2. The molecule has 0 unspecified atom stereocenters. The molecule has 0 fully saturated rings. The number of hydrogen-bond acceptors (Lipinski definition) is 3. The number of rotatable bonds is 6. The van der Waals surface area contributed by atoms with E-state index in [1.54, 1.807) is 24.1 Å². The van der Waals surface area contributed by atoms with E-state index in [2.05, 4.69) is 5.10 Å². The third-order valence-corrected chi connectivity index (χ3v) is 3.84. The van der Waals surface area contributed by atoms with Gasteiger partial charge < -0.3 is 9.47 Å². The van der Waals surface area contributed by atoms with Crippen LogP contribution in [0.1, 0.15) is 24.2 Å². The summed E-state index contributed by atoms with van der Waals surface area (Å²) in [6.45, 7) is 2.34. The van der Waals surface area contributed by atoms with Gasteiger partial charge in [0.1, 0.15) is 11.6 Å². The standard InChI is InChI=1S/C19H19FN2O2/c1-14(24-13-15-4-7-17(23-2)8-5-15)18-12-16(20)6-9-19(18)22-11-3-10-21-22/h3-12,14H,13H2,1-2H3/t14-/m1/s1. The van der Waals surface area contributed by atoms with Crippen LogP contribution in [0.4, 0.5) is 4.39 Å². The zero-order valence-corrected chi connectivity index (χ0v) is 13.6. The van der Waals surface area contributed by atoms with Gasteiger partial charge in [0.05, 0.1) is 25.5 Å². The molecular formula is C19H19FN2O2. The van der Waals surface area contributed by atoms with E-state index in [-0.39, 0.29) is 11.9 Å². The van der Waals surface area contributed by atoms with E-state index in [9.17, 15) is 4.39 Å². The van der Waals surface area contributed by atoms with Gasteiger partial charge in [-0.05, 0) is 48.9 Å². The number of benzene rings is 2. The van der Waals surface area contributed by atoms with Crippen molar-refractivity contribution < 1.29 is 13.9 Å². The van der Waals surface area contributed by atoms with Crippen molar-refractivity contribution >= 4 is 0 Å². The zero-order valence-electron chi connectivity index (χ0n) is 13.6. The fourth-order valence-electron chi connectivity index (χ4n) is 2.50. The minimum atomic E-state index is -0.291. The maximum atomic E-state index is 13.7. The lowest BCUT2D eigenvalue weighted by Gasteiger charge is -2.18. The van der Waals surface area contributed by atoms with Crippen LogP contribution in [-0.2, 0) is 11.3 Å². The van der Waals surface area contributed by atoms with E-state index in [4.69, 9.17) is 9.47 Å². The first kappa shape index (κ1) is 16.2.